The maximum Gasteiger partial charge on any atom is 0.328 e. The number of amides is 2. The first-order valence-electron chi connectivity index (χ1n) is 8.36. The van der Waals surface area contributed by atoms with Crippen LogP contribution >= 0.6 is 11.6 Å². The lowest BCUT2D eigenvalue weighted by atomic mass is 10.2. The third kappa shape index (κ3) is 4.03. The van der Waals surface area contributed by atoms with Gasteiger partial charge in [0.1, 0.15) is 0 Å². The maximum absolute atomic E-state index is 12.1. The van der Waals surface area contributed by atoms with E-state index in [1.165, 1.54) is 4.57 Å². The Morgan fingerprint density at radius 1 is 1.00 bits per heavy atom. The lowest BCUT2D eigenvalue weighted by Crippen LogP contribution is -2.27. The molecule has 2 amide bonds. The summed E-state index contributed by atoms with van der Waals surface area (Å²) in [5.41, 5.74) is 2.47. The fourth-order valence-electron chi connectivity index (χ4n) is 2.80. The number of nitrogens with zero attached hydrogens (tertiary/aromatic N) is 2. The number of halogens is 1. The van der Waals surface area contributed by atoms with Gasteiger partial charge in [0.15, 0.2) is 0 Å². The van der Waals surface area contributed by atoms with Crippen LogP contribution in [0.25, 0.3) is 11.0 Å². The van der Waals surface area contributed by atoms with Crippen molar-refractivity contribution in [3.8, 4) is 0 Å². The van der Waals surface area contributed by atoms with Gasteiger partial charge in [-0.25, -0.2) is 4.79 Å². The second-order valence-electron chi connectivity index (χ2n) is 6.17. The number of rotatable bonds is 5. The largest absolute Gasteiger partial charge is 0.352 e. The molecule has 8 heteroatoms. The summed E-state index contributed by atoms with van der Waals surface area (Å²) < 4.78 is 3.07. The van der Waals surface area contributed by atoms with Crippen molar-refractivity contribution < 1.29 is 9.59 Å². The van der Waals surface area contributed by atoms with Gasteiger partial charge in [0.2, 0.25) is 5.91 Å². The molecular weight excluding hydrogens is 368 g/mol. The normalized spacial score (nSPS) is 10.8. The molecule has 0 atom stereocenters. The highest BCUT2D eigenvalue weighted by Gasteiger charge is 2.10. The Hall–Kier alpha value is -3.06. The molecule has 1 heterocycles. The zero-order valence-electron chi connectivity index (χ0n) is 15.0. The van der Waals surface area contributed by atoms with E-state index < -0.39 is 0 Å². The zero-order chi connectivity index (χ0) is 19.6. The number of aryl methyl sites for hydroxylation is 2. The first-order chi connectivity index (χ1) is 12.9. The molecule has 140 valence electrons. The maximum atomic E-state index is 12.1. The summed E-state index contributed by atoms with van der Waals surface area (Å²) in [4.78, 5) is 36.1. The second kappa shape index (κ2) is 7.67. The van der Waals surface area contributed by atoms with Crippen LogP contribution in [-0.4, -0.2) is 27.5 Å². The van der Waals surface area contributed by atoms with Crippen LogP contribution in [-0.2, 0) is 18.9 Å². The Morgan fingerprint density at radius 3 is 2.37 bits per heavy atom. The van der Waals surface area contributed by atoms with E-state index in [1.807, 2.05) is 0 Å². The number of carbonyl (C=O) groups is 2. The molecule has 0 unspecified atom stereocenters. The van der Waals surface area contributed by atoms with E-state index in [1.54, 1.807) is 61.1 Å². The standard InChI is InChI=1S/C19H19ClN4O3/c1-23-15-8-7-14(11-16(15)24(2)19(23)27)22-17(25)9-10-21-18(26)12-3-5-13(20)6-4-12/h3-8,11H,9-10H2,1-2H3,(H,21,26)(H,22,25). The molecule has 2 N–H and O–H groups in total. The molecule has 3 aromatic rings. The average molecular weight is 387 g/mol. The van der Waals surface area contributed by atoms with E-state index in [4.69, 9.17) is 11.6 Å². The minimum absolute atomic E-state index is 0.126. The van der Waals surface area contributed by atoms with Crippen LogP contribution in [0.15, 0.2) is 47.3 Å². The van der Waals surface area contributed by atoms with Crippen LogP contribution in [0.1, 0.15) is 16.8 Å². The molecule has 2 aromatic carbocycles. The summed E-state index contributed by atoms with van der Waals surface area (Å²) in [5, 5.41) is 6.03. The molecule has 0 saturated heterocycles. The van der Waals surface area contributed by atoms with E-state index in [0.29, 0.717) is 16.3 Å². The molecule has 0 spiro atoms. The summed E-state index contributed by atoms with van der Waals surface area (Å²) >= 11 is 5.79. The first-order valence-corrected chi connectivity index (χ1v) is 8.73. The number of carbonyl (C=O) groups excluding carboxylic acids is 2. The van der Waals surface area contributed by atoms with E-state index in [0.717, 1.165) is 11.0 Å². The van der Waals surface area contributed by atoms with Crippen LogP contribution < -0.4 is 16.3 Å². The van der Waals surface area contributed by atoms with Gasteiger partial charge < -0.3 is 10.6 Å². The Balaban J connectivity index is 1.57. The van der Waals surface area contributed by atoms with Crippen LogP contribution in [0.5, 0.6) is 0 Å². The molecule has 0 bridgehead atoms. The van der Waals surface area contributed by atoms with Gasteiger partial charge in [-0.3, -0.25) is 18.7 Å². The molecule has 0 saturated carbocycles. The van der Waals surface area contributed by atoms with E-state index in [9.17, 15) is 14.4 Å². The predicted octanol–water partition coefficient (Wildman–Crippen LogP) is 2.29. The molecule has 1 aromatic heterocycles. The van der Waals surface area contributed by atoms with Crippen molar-refractivity contribution in [1.82, 2.24) is 14.5 Å². The summed E-state index contributed by atoms with van der Waals surface area (Å²) in [5.74, 6) is -0.494. The highest BCUT2D eigenvalue weighted by molar-refractivity contribution is 6.30. The van der Waals surface area contributed by atoms with Crippen LogP contribution in [0.3, 0.4) is 0 Å². The van der Waals surface area contributed by atoms with Gasteiger partial charge in [0.25, 0.3) is 5.91 Å². The molecule has 3 rings (SSSR count). The fourth-order valence-corrected chi connectivity index (χ4v) is 2.93. The van der Waals surface area contributed by atoms with Gasteiger partial charge in [-0.05, 0) is 42.5 Å². The van der Waals surface area contributed by atoms with E-state index in [-0.39, 0.29) is 30.5 Å². The van der Waals surface area contributed by atoms with Crippen molar-refractivity contribution in [2.75, 3.05) is 11.9 Å². The second-order valence-corrected chi connectivity index (χ2v) is 6.60. The minimum Gasteiger partial charge on any atom is -0.352 e. The number of fused-ring (bicyclic) bond motifs is 1. The molecule has 27 heavy (non-hydrogen) atoms. The number of hydrogen-bond donors (Lipinski definition) is 2. The molecular formula is C19H19ClN4O3. The Labute approximate surface area is 160 Å². The van der Waals surface area contributed by atoms with Crippen molar-refractivity contribution >= 4 is 40.1 Å². The van der Waals surface area contributed by atoms with Gasteiger partial charge in [0.05, 0.1) is 11.0 Å². The molecule has 0 aliphatic carbocycles. The van der Waals surface area contributed by atoms with Gasteiger partial charge in [-0.2, -0.15) is 0 Å². The molecule has 0 fully saturated rings. The molecule has 7 nitrogen and oxygen atoms in total. The number of imidazole rings is 1. The third-order valence-electron chi connectivity index (χ3n) is 4.30. The van der Waals surface area contributed by atoms with Crippen molar-refractivity contribution in [2.45, 2.75) is 6.42 Å². The topological polar surface area (TPSA) is 85.1 Å². The van der Waals surface area contributed by atoms with Crippen molar-refractivity contribution in [3.63, 3.8) is 0 Å². The van der Waals surface area contributed by atoms with Gasteiger partial charge in [-0.1, -0.05) is 11.6 Å². The quantitative estimate of drug-likeness (QED) is 0.705. The lowest BCUT2D eigenvalue weighted by molar-refractivity contribution is -0.116. The molecule has 0 aliphatic heterocycles. The van der Waals surface area contributed by atoms with Gasteiger partial charge >= 0.3 is 5.69 Å². The number of nitrogens with one attached hydrogen (secondary N) is 2. The van der Waals surface area contributed by atoms with Crippen molar-refractivity contribution in [3.05, 3.63) is 63.5 Å². The summed E-state index contributed by atoms with van der Waals surface area (Å²) in [6.07, 6.45) is 0.130. The van der Waals surface area contributed by atoms with Crippen molar-refractivity contribution in [2.24, 2.45) is 14.1 Å². The Kier molecular flexibility index (Phi) is 5.32. The lowest BCUT2D eigenvalue weighted by Gasteiger charge is -2.07. The number of aromatic nitrogens is 2. The number of anilines is 1. The average Bonchev–Trinajstić information content (AvgIpc) is 2.86. The zero-order valence-corrected chi connectivity index (χ0v) is 15.7. The van der Waals surface area contributed by atoms with E-state index in [2.05, 4.69) is 10.6 Å². The summed E-state index contributed by atoms with van der Waals surface area (Å²) in [7, 11) is 3.38. The van der Waals surface area contributed by atoms with Crippen LogP contribution in [0.2, 0.25) is 5.02 Å². The molecule has 0 aliphatic rings. The Morgan fingerprint density at radius 2 is 1.67 bits per heavy atom. The number of hydrogen-bond acceptors (Lipinski definition) is 3. The highest BCUT2D eigenvalue weighted by atomic mass is 35.5. The van der Waals surface area contributed by atoms with Crippen LogP contribution in [0, 0.1) is 0 Å². The molecule has 0 radical (unpaired) electrons. The Bertz CT molecular complexity index is 1070. The monoisotopic (exact) mass is 386 g/mol. The SMILES string of the molecule is Cn1c(=O)n(C)c2cc(NC(=O)CCNC(=O)c3ccc(Cl)cc3)ccc21. The predicted molar refractivity (Wildman–Crippen MR) is 105 cm³/mol. The summed E-state index contributed by atoms with van der Waals surface area (Å²) in [6.45, 7) is 0.208. The van der Waals surface area contributed by atoms with E-state index >= 15 is 0 Å². The first kappa shape index (κ1) is 18.7. The van der Waals surface area contributed by atoms with Gasteiger partial charge in [-0.15, -0.1) is 0 Å². The minimum atomic E-state index is -0.264. The third-order valence-corrected chi connectivity index (χ3v) is 4.55. The van der Waals surface area contributed by atoms with Crippen LogP contribution in [0.4, 0.5) is 5.69 Å². The highest BCUT2D eigenvalue weighted by Crippen LogP contribution is 2.17. The fraction of sp³-hybridized carbons (Fsp3) is 0.211. The smallest absolute Gasteiger partial charge is 0.328 e. The van der Waals surface area contributed by atoms with Crippen molar-refractivity contribution in [1.29, 1.82) is 0 Å². The number of benzene rings is 2. The summed E-state index contributed by atoms with van der Waals surface area (Å²) in [6, 6.07) is 11.8. The van der Waals surface area contributed by atoms with Gasteiger partial charge in [0, 0.05) is 43.3 Å².